The molecule has 5 nitrogen and oxygen atoms in total. The van der Waals surface area contributed by atoms with Gasteiger partial charge in [-0.2, -0.15) is 0 Å². The van der Waals surface area contributed by atoms with Crippen LogP contribution in [0, 0.1) is 6.92 Å². The highest BCUT2D eigenvalue weighted by molar-refractivity contribution is 7.92. The van der Waals surface area contributed by atoms with Crippen LogP contribution in [0.3, 0.4) is 0 Å². The van der Waals surface area contributed by atoms with E-state index in [2.05, 4.69) is 16.6 Å². The van der Waals surface area contributed by atoms with Gasteiger partial charge in [0.2, 0.25) is 5.91 Å². The number of hydrogen-bond acceptors (Lipinski definition) is 3. The van der Waals surface area contributed by atoms with Crippen LogP contribution in [0.15, 0.2) is 66.1 Å². The SMILES string of the molecule is C=CC(=O)Nc1ccc(S(=O)(=O)Nc2ccc(C)cc2)cc1. The highest BCUT2D eigenvalue weighted by Crippen LogP contribution is 2.18. The zero-order valence-electron chi connectivity index (χ0n) is 12.0. The van der Waals surface area contributed by atoms with Crippen molar-refractivity contribution in [2.45, 2.75) is 11.8 Å². The maximum absolute atomic E-state index is 12.3. The molecule has 0 aromatic heterocycles. The lowest BCUT2D eigenvalue weighted by atomic mass is 10.2. The van der Waals surface area contributed by atoms with E-state index in [0.717, 1.165) is 11.6 Å². The van der Waals surface area contributed by atoms with E-state index in [1.165, 1.54) is 24.3 Å². The van der Waals surface area contributed by atoms with Gasteiger partial charge in [0.1, 0.15) is 0 Å². The number of aryl methyl sites for hydroxylation is 1. The predicted octanol–water partition coefficient (Wildman–Crippen LogP) is 2.92. The summed E-state index contributed by atoms with van der Waals surface area (Å²) in [6.45, 7) is 5.27. The van der Waals surface area contributed by atoms with Crippen LogP contribution in [0.5, 0.6) is 0 Å². The van der Waals surface area contributed by atoms with Crippen molar-refractivity contribution in [3.63, 3.8) is 0 Å². The maximum Gasteiger partial charge on any atom is 0.261 e. The molecule has 0 fully saturated rings. The number of rotatable bonds is 5. The predicted molar refractivity (Wildman–Crippen MR) is 87.3 cm³/mol. The number of benzene rings is 2. The summed E-state index contributed by atoms with van der Waals surface area (Å²) >= 11 is 0. The number of hydrogen-bond donors (Lipinski definition) is 2. The van der Waals surface area contributed by atoms with Crippen molar-refractivity contribution in [3.8, 4) is 0 Å². The second kappa shape index (κ2) is 6.44. The maximum atomic E-state index is 12.3. The number of sulfonamides is 1. The molecule has 1 amide bonds. The topological polar surface area (TPSA) is 75.3 Å². The Kier molecular flexibility index (Phi) is 4.62. The van der Waals surface area contributed by atoms with Gasteiger partial charge in [-0.1, -0.05) is 24.3 Å². The van der Waals surface area contributed by atoms with Crippen LogP contribution in [0.1, 0.15) is 5.56 Å². The Bertz CT molecular complexity index is 779. The minimum absolute atomic E-state index is 0.115. The van der Waals surface area contributed by atoms with E-state index in [1.54, 1.807) is 12.1 Å². The van der Waals surface area contributed by atoms with Crippen LogP contribution in [0.25, 0.3) is 0 Å². The van der Waals surface area contributed by atoms with E-state index in [-0.39, 0.29) is 10.8 Å². The highest BCUT2D eigenvalue weighted by atomic mass is 32.2. The molecule has 0 saturated heterocycles. The molecule has 0 bridgehead atoms. The van der Waals surface area contributed by atoms with Crippen molar-refractivity contribution in [1.29, 1.82) is 0 Å². The first-order valence-corrected chi connectivity index (χ1v) is 8.02. The quantitative estimate of drug-likeness (QED) is 0.833. The average molecular weight is 316 g/mol. The molecule has 2 aromatic rings. The number of nitrogens with one attached hydrogen (secondary N) is 2. The Hall–Kier alpha value is -2.60. The Morgan fingerprint density at radius 2 is 1.55 bits per heavy atom. The molecule has 0 unspecified atom stereocenters. The third-order valence-electron chi connectivity index (χ3n) is 2.92. The van der Waals surface area contributed by atoms with Crippen LogP contribution in [-0.4, -0.2) is 14.3 Å². The van der Waals surface area contributed by atoms with Gasteiger partial charge in [0.15, 0.2) is 0 Å². The Morgan fingerprint density at radius 1 is 1.00 bits per heavy atom. The molecular weight excluding hydrogens is 300 g/mol. The van der Waals surface area contributed by atoms with Crippen LogP contribution < -0.4 is 10.0 Å². The summed E-state index contributed by atoms with van der Waals surface area (Å²) in [4.78, 5) is 11.3. The molecule has 2 N–H and O–H groups in total. The fraction of sp³-hybridized carbons (Fsp3) is 0.0625. The summed E-state index contributed by atoms with van der Waals surface area (Å²) in [5, 5.41) is 2.55. The fourth-order valence-electron chi connectivity index (χ4n) is 1.75. The van der Waals surface area contributed by atoms with Gasteiger partial charge >= 0.3 is 0 Å². The number of carbonyl (C=O) groups is 1. The van der Waals surface area contributed by atoms with Crippen LogP contribution in [0.2, 0.25) is 0 Å². The summed E-state index contributed by atoms with van der Waals surface area (Å²) in [6, 6.07) is 12.9. The van der Waals surface area contributed by atoms with Crippen LogP contribution >= 0.6 is 0 Å². The lowest BCUT2D eigenvalue weighted by Crippen LogP contribution is -2.13. The van der Waals surface area contributed by atoms with Gasteiger partial charge in [-0.25, -0.2) is 8.42 Å². The summed E-state index contributed by atoms with van der Waals surface area (Å²) < 4.78 is 27.0. The minimum Gasteiger partial charge on any atom is -0.323 e. The van der Waals surface area contributed by atoms with Crippen molar-refractivity contribution in [2.75, 3.05) is 10.0 Å². The summed E-state index contributed by atoms with van der Waals surface area (Å²) in [6.07, 6.45) is 1.14. The zero-order valence-corrected chi connectivity index (χ0v) is 12.9. The van der Waals surface area contributed by atoms with E-state index < -0.39 is 10.0 Å². The van der Waals surface area contributed by atoms with Gasteiger partial charge in [0.25, 0.3) is 10.0 Å². The standard InChI is InChI=1S/C16H16N2O3S/c1-3-16(19)17-13-8-10-15(11-9-13)22(20,21)18-14-6-4-12(2)5-7-14/h3-11,18H,1H2,2H3,(H,17,19). The molecule has 0 radical (unpaired) electrons. The zero-order chi connectivity index (χ0) is 16.2. The van der Waals surface area contributed by atoms with Gasteiger partial charge in [-0.05, 0) is 49.4 Å². The fourth-order valence-corrected chi connectivity index (χ4v) is 2.81. The Morgan fingerprint density at radius 3 is 2.09 bits per heavy atom. The van der Waals surface area contributed by atoms with Gasteiger partial charge in [-0.15, -0.1) is 0 Å². The Balaban J connectivity index is 2.17. The molecule has 22 heavy (non-hydrogen) atoms. The third-order valence-corrected chi connectivity index (χ3v) is 4.32. The molecule has 0 heterocycles. The molecule has 2 aromatic carbocycles. The van der Waals surface area contributed by atoms with E-state index in [1.807, 2.05) is 19.1 Å². The molecule has 0 atom stereocenters. The van der Waals surface area contributed by atoms with Gasteiger partial charge < -0.3 is 5.32 Å². The molecule has 0 spiro atoms. The minimum atomic E-state index is -3.66. The van der Waals surface area contributed by atoms with Crippen molar-refractivity contribution in [3.05, 3.63) is 66.7 Å². The van der Waals surface area contributed by atoms with E-state index in [0.29, 0.717) is 11.4 Å². The van der Waals surface area contributed by atoms with E-state index in [9.17, 15) is 13.2 Å². The lowest BCUT2D eigenvalue weighted by molar-refractivity contribution is -0.111. The van der Waals surface area contributed by atoms with E-state index in [4.69, 9.17) is 0 Å². The van der Waals surface area contributed by atoms with Gasteiger partial charge in [0, 0.05) is 11.4 Å². The van der Waals surface area contributed by atoms with Gasteiger partial charge in [0.05, 0.1) is 4.90 Å². The van der Waals surface area contributed by atoms with Crippen LogP contribution in [0.4, 0.5) is 11.4 Å². The summed E-state index contributed by atoms with van der Waals surface area (Å²) in [7, 11) is -3.66. The normalized spacial score (nSPS) is 10.8. The van der Waals surface area contributed by atoms with Crippen LogP contribution in [-0.2, 0) is 14.8 Å². The monoisotopic (exact) mass is 316 g/mol. The highest BCUT2D eigenvalue weighted by Gasteiger charge is 2.14. The second-order valence-electron chi connectivity index (χ2n) is 4.69. The smallest absolute Gasteiger partial charge is 0.261 e. The van der Waals surface area contributed by atoms with Crippen molar-refractivity contribution in [2.24, 2.45) is 0 Å². The summed E-state index contributed by atoms with van der Waals surface area (Å²) in [5.41, 5.74) is 2.04. The average Bonchev–Trinajstić information content (AvgIpc) is 2.50. The Labute approximate surface area is 129 Å². The van der Waals surface area contributed by atoms with Crippen molar-refractivity contribution in [1.82, 2.24) is 0 Å². The van der Waals surface area contributed by atoms with Crippen molar-refractivity contribution < 1.29 is 13.2 Å². The number of anilines is 2. The number of amides is 1. The molecule has 0 aliphatic heterocycles. The second-order valence-corrected chi connectivity index (χ2v) is 6.37. The first kappa shape index (κ1) is 15.8. The third kappa shape index (κ3) is 3.95. The first-order chi connectivity index (χ1) is 10.4. The first-order valence-electron chi connectivity index (χ1n) is 6.54. The molecule has 6 heteroatoms. The van der Waals surface area contributed by atoms with E-state index >= 15 is 0 Å². The van der Waals surface area contributed by atoms with Crippen molar-refractivity contribution >= 4 is 27.3 Å². The van der Waals surface area contributed by atoms with Gasteiger partial charge in [-0.3, -0.25) is 9.52 Å². The summed E-state index contributed by atoms with van der Waals surface area (Å²) in [5.74, 6) is -0.353. The number of carbonyl (C=O) groups excluding carboxylic acids is 1. The molecule has 0 aliphatic rings. The largest absolute Gasteiger partial charge is 0.323 e. The molecule has 114 valence electrons. The molecular formula is C16H16N2O3S. The molecule has 0 aliphatic carbocycles. The molecule has 2 rings (SSSR count). The lowest BCUT2D eigenvalue weighted by Gasteiger charge is -2.09. The molecule has 0 saturated carbocycles.